The molecule has 2 heterocycles. The second kappa shape index (κ2) is 6.61. The Hall–Kier alpha value is -1.68. The van der Waals surface area contributed by atoms with Crippen molar-refractivity contribution in [1.29, 1.82) is 0 Å². The molecule has 0 N–H and O–H groups in total. The second-order valence-corrected chi connectivity index (χ2v) is 6.62. The van der Waals surface area contributed by atoms with E-state index < -0.39 is 0 Å². The Morgan fingerprint density at radius 3 is 2.41 bits per heavy atom. The van der Waals surface area contributed by atoms with Crippen molar-refractivity contribution < 1.29 is 0 Å². The van der Waals surface area contributed by atoms with E-state index in [4.69, 9.17) is 0 Å². The third-order valence-corrected chi connectivity index (χ3v) is 4.58. The molecule has 0 radical (unpaired) electrons. The molecule has 22 heavy (non-hydrogen) atoms. The molecule has 118 valence electrons. The van der Waals surface area contributed by atoms with E-state index in [1.807, 2.05) is 0 Å². The quantitative estimate of drug-likeness (QED) is 0.865. The molecule has 1 aromatic heterocycles. The van der Waals surface area contributed by atoms with E-state index in [0.717, 1.165) is 31.3 Å². The lowest BCUT2D eigenvalue weighted by molar-refractivity contribution is 0.176. The van der Waals surface area contributed by atoms with Gasteiger partial charge in [-0.3, -0.25) is 4.90 Å². The van der Waals surface area contributed by atoms with Gasteiger partial charge in [0.25, 0.3) is 0 Å². The molecular formula is C18H26N4. The van der Waals surface area contributed by atoms with E-state index >= 15 is 0 Å². The van der Waals surface area contributed by atoms with Gasteiger partial charge in [0.15, 0.2) is 0 Å². The van der Waals surface area contributed by atoms with Crippen LogP contribution in [0.15, 0.2) is 30.3 Å². The zero-order valence-electron chi connectivity index (χ0n) is 13.9. The molecule has 1 aliphatic rings. The predicted molar refractivity (Wildman–Crippen MR) is 88.8 cm³/mol. The summed E-state index contributed by atoms with van der Waals surface area (Å²) < 4.78 is 2.38. The second-order valence-electron chi connectivity index (χ2n) is 6.62. The zero-order valence-corrected chi connectivity index (χ0v) is 13.9. The number of likely N-dealkylation sites (tertiary alicyclic amines) is 1. The van der Waals surface area contributed by atoms with Crippen LogP contribution in [0.5, 0.6) is 0 Å². The Morgan fingerprint density at radius 2 is 1.77 bits per heavy atom. The third-order valence-electron chi connectivity index (χ3n) is 4.58. The highest BCUT2D eigenvalue weighted by atomic mass is 15.3. The minimum atomic E-state index is 0.434. The van der Waals surface area contributed by atoms with E-state index in [2.05, 4.69) is 70.8 Å². The molecule has 1 aromatic carbocycles. The Kier molecular flexibility index (Phi) is 4.57. The van der Waals surface area contributed by atoms with Crippen LogP contribution in [-0.4, -0.2) is 32.8 Å². The topological polar surface area (TPSA) is 34.0 Å². The maximum absolute atomic E-state index is 4.38. The van der Waals surface area contributed by atoms with Gasteiger partial charge in [0.05, 0.1) is 0 Å². The molecule has 2 aromatic rings. The van der Waals surface area contributed by atoms with Crippen LogP contribution in [0.4, 0.5) is 0 Å². The van der Waals surface area contributed by atoms with Gasteiger partial charge < -0.3 is 4.57 Å². The molecule has 0 spiro atoms. The average molecular weight is 298 g/mol. The highest BCUT2D eigenvalue weighted by Crippen LogP contribution is 2.28. The fourth-order valence-electron chi connectivity index (χ4n) is 3.41. The van der Waals surface area contributed by atoms with Crippen molar-refractivity contribution in [3.8, 4) is 0 Å². The molecule has 1 fully saturated rings. The lowest BCUT2D eigenvalue weighted by Gasteiger charge is -2.33. The zero-order chi connectivity index (χ0) is 15.5. The fourth-order valence-corrected chi connectivity index (χ4v) is 3.41. The fraction of sp³-hybridized carbons (Fsp3) is 0.556. The van der Waals surface area contributed by atoms with Gasteiger partial charge in [-0.25, -0.2) is 0 Å². The van der Waals surface area contributed by atoms with Gasteiger partial charge in [-0.1, -0.05) is 44.2 Å². The largest absolute Gasteiger partial charge is 0.312 e. The van der Waals surface area contributed by atoms with Crippen molar-refractivity contribution in [1.82, 2.24) is 19.7 Å². The molecule has 0 bridgehead atoms. The lowest BCUT2D eigenvalue weighted by atomic mass is 10.0. The smallest absolute Gasteiger partial charge is 0.135 e. The minimum Gasteiger partial charge on any atom is -0.312 e. The first-order valence-corrected chi connectivity index (χ1v) is 8.33. The summed E-state index contributed by atoms with van der Waals surface area (Å²) in [7, 11) is 0. The van der Waals surface area contributed by atoms with Gasteiger partial charge >= 0.3 is 0 Å². The normalized spacial score (nSPS) is 17.3. The van der Waals surface area contributed by atoms with Gasteiger partial charge in [-0.15, -0.1) is 10.2 Å². The minimum absolute atomic E-state index is 0.434. The first-order valence-electron chi connectivity index (χ1n) is 8.33. The van der Waals surface area contributed by atoms with Crippen LogP contribution in [0.3, 0.4) is 0 Å². The average Bonchev–Trinajstić information content (AvgIpc) is 2.91. The Labute approximate surface area is 133 Å². The van der Waals surface area contributed by atoms with Crippen molar-refractivity contribution in [2.45, 2.75) is 52.1 Å². The molecule has 1 aliphatic heterocycles. The summed E-state index contributed by atoms with van der Waals surface area (Å²) in [6, 6.07) is 11.3. The van der Waals surface area contributed by atoms with Crippen LogP contribution >= 0.6 is 0 Å². The number of hydrogen-bond acceptors (Lipinski definition) is 3. The molecular weight excluding hydrogens is 272 g/mol. The van der Waals surface area contributed by atoms with E-state index in [-0.39, 0.29) is 0 Å². The molecule has 4 heteroatoms. The van der Waals surface area contributed by atoms with Crippen LogP contribution < -0.4 is 0 Å². The summed E-state index contributed by atoms with van der Waals surface area (Å²) in [6.45, 7) is 9.83. The summed E-state index contributed by atoms with van der Waals surface area (Å²) in [5, 5.41) is 8.68. The number of aromatic nitrogens is 3. The van der Waals surface area contributed by atoms with Gasteiger partial charge in [0.1, 0.15) is 11.6 Å². The number of piperidine rings is 1. The van der Waals surface area contributed by atoms with E-state index in [1.54, 1.807) is 0 Å². The first-order chi connectivity index (χ1) is 10.6. The van der Waals surface area contributed by atoms with Crippen LogP contribution in [0, 0.1) is 6.92 Å². The van der Waals surface area contributed by atoms with E-state index in [9.17, 15) is 0 Å². The number of nitrogens with zero attached hydrogens (tertiary/aromatic N) is 4. The lowest BCUT2D eigenvalue weighted by Crippen LogP contribution is -2.35. The SMILES string of the molecule is Cc1nnc(C(C)C)n1C1CCN(Cc2ccccc2)CC1. The number of rotatable bonds is 4. The van der Waals surface area contributed by atoms with Gasteiger partial charge in [-0.05, 0) is 25.3 Å². The van der Waals surface area contributed by atoms with Crippen LogP contribution in [0.25, 0.3) is 0 Å². The Balaban J connectivity index is 1.64. The van der Waals surface area contributed by atoms with Crippen molar-refractivity contribution in [2.75, 3.05) is 13.1 Å². The molecule has 1 saturated heterocycles. The molecule has 0 atom stereocenters. The van der Waals surface area contributed by atoms with E-state index in [0.29, 0.717) is 12.0 Å². The van der Waals surface area contributed by atoms with Crippen molar-refractivity contribution in [2.24, 2.45) is 0 Å². The number of benzene rings is 1. The molecule has 0 unspecified atom stereocenters. The predicted octanol–water partition coefficient (Wildman–Crippen LogP) is 3.55. The highest BCUT2D eigenvalue weighted by molar-refractivity contribution is 5.14. The monoisotopic (exact) mass is 298 g/mol. The standard InChI is InChI=1S/C18H26N4/c1-14(2)18-20-19-15(3)22(18)17-9-11-21(12-10-17)13-16-7-5-4-6-8-16/h4-8,14,17H,9-13H2,1-3H3. The van der Waals surface area contributed by atoms with Crippen LogP contribution in [-0.2, 0) is 6.54 Å². The van der Waals surface area contributed by atoms with Crippen LogP contribution in [0.2, 0.25) is 0 Å². The van der Waals surface area contributed by atoms with Crippen molar-refractivity contribution in [3.05, 3.63) is 47.5 Å². The summed E-state index contributed by atoms with van der Waals surface area (Å²) in [5.74, 6) is 2.63. The summed E-state index contributed by atoms with van der Waals surface area (Å²) in [4.78, 5) is 2.56. The van der Waals surface area contributed by atoms with Gasteiger partial charge in [0.2, 0.25) is 0 Å². The molecule has 0 aliphatic carbocycles. The molecule has 0 amide bonds. The maximum Gasteiger partial charge on any atom is 0.135 e. The maximum atomic E-state index is 4.38. The Morgan fingerprint density at radius 1 is 1.09 bits per heavy atom. The van der Waals surface area contributed by atoms with Crippen LogP contribution in [0.1, 0.15) is 55.9 Å². The molecule has 4 nitrogen and oxygen atoms in total. The van der Waals surface area contributed by atoms with Crippen molar-refractivity contribution >= 4 is 0 Å². The first kappa shape index (κ1) is 15.2. The molecule has 3 rings (SSSR count). The number of aryl methyl sites for hydroxylation is 1. The van der Waals surface area contributed by atoms with Crippen molar-refractivity contribution in [3.63, 3.8) is 0 Å². The summed E-state index contributed by atoms with van der Waals surface area (Å²) >= 11 is 0. The highest BCUT2D eigenvalue weighted by Gasteiger charge is 2.25. The Bertz CT molecular complexity index is 595. The van der Waals surface area contributed by atoms with Gasteiger partial charge in [0, 0.05) is 31.6 Å². The summed E-state index contributed by atoms with van der Waals surface area (Å²) in [5.41, 5.74) is 1.41. The third kappa shape index (κ3) is 3.22. The molecule has 0 saturated carbocycles. The van der Waals surface area contributed by atoms with Gasteiger partial charge in [-0.2, -0.15) is 0 Å². The summed E-state index contributed by atoms with van der Waals surface area (Å²) in [6.07, 6.45) is 2.37. The van der Waals surface area contributed by atoms with E-state index in [1.165, 1.54) is 18.4 Å². The number of hydrogen-bond donors (Lipinski definition) is 0.